The second-order valence-electron chi connectivity index (χ2n) is 17.7. The smallest absolute Gasteiger partial charge is 0.228 e. The molecule has 0 radical (unpaired) electrons. The molecule has 7 aromatic heterocycles. The summed E-state index contributed by atoms with van der Waals surface area (Å²) < 4.78 is 83.6. The van der Waals surface area contributed by atoms with Gasteiger partial charge in [0.1, 0.15) is 51.6 Å². The molecule has 0 saturated carbocycles. The molecule has 2 amide bonds. The number of benzene rings is 2. The average molecular weight is 1050 g/mol. The van der Waals surface area contributed by atoms with E-state index in [1.807, 2.05) is 0 Å². The zero-order valence-corrected chi connectivity index (χ0v) is 41.7. The van der Waals surface area contributed by atoms with Gasteiger partial charge in [-0.05, 0) is 57.0 Å². The Morgan fingerprint density at radius 1 is 0.579 bits per heavy atom. The molecule has 0 unspecified atom stereocenters. The number of fused-ring (bicyclic) bond motifs is 2. The predicted molar refractivity (Wildman–Crippen MR) is 279 cm³/mol. The van der Waals surface area contributed by atoms with Crippen molar-refractivity contribution in [3.8, 4) is 45.0 Å². The SMILES string of the molecule is COc1cncc(-c2cnc(-c3ccnc(F)c3)cc2Nc2c(C)c(N3CCCC3=O)nc3cc(F)cc(F)c23)c1.COc1cncc(-c2cnc(Cl)cc2Nc2c(C)c(N3CCCC3=O)nc3cc(F)cc(F)c23)c1. The third kappa shape index (κ3) is 10.1. The number of rotatable bonds is 11. The van der Waals surface area contributed by atoms with Crippen molar-refractivity contribution in [3.63, 3.8) is 0 Å². The van der Waals surface area contributed by atoms with Gasteiger partial charge in [0.05, 0.1) is 76.9 Å². The molecule has 9 heterocycles. The maximum atomic E-state index is 15.4. The molecule has 9 aromatic rings. The number of methoxy groups -OCH3 is 2. The molecule has 384 valence electrons. The summed E-state index contributed by atoms with van der Waals surface area (Å²) in [5, 5.41) is 6.96. The highest BCUT2D eigenvalue weighted by molar-refractivity contribution is 6.29. The molecule has 2 N–H and O–H groups in total. The van der Waals surface area contributed by atoms with E-state index < -0.39 is 29.2 Å². The van der Waals surface area contributed by atoms with Crippen molar-refractivity contribution in [1.29, 1.82) is 0 Å². The number of hydrogen-bond donors (Lipinski definition) is 2. The fourth-order valence-electron chi connectivity index (χ4n) is 9.26. The highest BCUT2D eigenvalue weighted by Gasteiger charge is 2.30. The van der Waals surface area contributed by atoms with E-state index in [-0.39, 0.29) is 38.8 Å². The van der Waals surface area contributed by atoms with Crippen LogP contribution in [0, 0.1) is 43.1 Å². The van der Waals surface area contributed by atoms with Crippen LogP contribution in [0.5, 0.6) is 11.5 Å². The molecular weight excluding hydrogens is 1010 g/mol. The lowest BCUT2D eigenvalue weighted by molar-refractivity contribution is -0.117. The van der Waals surface area contributed by atoms with Gasteiger partial charge in [0.2, 0.25) is 17.8 Å². The molecule has 0 atom stereocenters. The summed E-state index contributed by atoms with van der Waals surface area (Å²) in [6.07, 6.45) is 13.0. The minimum atomic E-state index is -0.813. The Bertz CT molecular complexity index is 3800. The van der Waals surface area contributed by atoms with Crippen LogP contribution in [-0.4, -0.2) is 74.0 Å². The maximum absolute atomic E-state index is 15.4. The fraction of sp³-hybridized carbons (Fsp3) is 0.182. The van der Waals surface area contributed by atoms with Crippen molar-refractivity contribution >= 4 is 79.6 Å². The number of halogens is 6. The van der Waals surface area contributed by atoms with Gasteiger partial charge in [0.15, 0.2) is 0 Å². The van der Waals surface area contributed by atoms with Crippen LogP contribution in [0.25, 0.3) is 55.3 Å². The zero-order valence-electron chi connectivity index (χ0n) is 41.0. The van der Waals surface area contributed by atoms with Crippen LogP contribution in [0.3, 0.4) is 0 Å². The summed E-state index contributed by atoms with van der Waals surface area (Å²) in [6.45, 7) is 4.40. The first kappa shape index (κ1) is 50.6. The molecule has 2 aliphatic rings. The number of hydrogen-bond acceptors (Lipinski definition) is 13. The Balaban J connectivity index is 0.000000175. The molecule has 2 aliphatic heterocycles. The summed E-state index contributed by atoms with van der Waals surface area (Å²) in [7, 11) is 3.06. The van der Waals surface area contributed by atoms with Crippen LogP contribution in [0.15, 0.2) is 104 Å². The first-order chi connectivity index (χ1) is 36.7. The molecule has 2 fully saturated rings. The minimum absolute atomic E-state index is 0.0559. The highest BCUT2D eigenvalue weighted by Crippen LogP contribution is 2.43. The molecule has 0 spiro atoms. The van der Waals surface area contributed by atoms with Gasteiger partial charge < -0.3 is 20.1 Å². The minimum Gasteiger partial charge on any atom is -0.495 e. The first-order valence-corrected chi connectivity index (χ1v) is 24.1. The number of nitrogens with one attached hydrogen (secondary N) is 2. The molecule has 11 rings (SSSR count). The molecule has 15 nitrogen and oxygen atoms in total. The second kappa shape index (κ2) is 21.1. The monoisotopic (exact) mass is 1050 g/mol. The normalized spacial score (nSPS) is 13.3. The Labute approximate surface area is 435 Å². The van der Waals surface area contributed by atoms with Gasteiger partial charge in [-0.25, -0.2) is 37.5 Å². The summed E-state index contributed by atoms with van der Waals surface area (Å²) >= 11 is 6.21. The van der Waals surface area contributed by atoms with E-state index in [9.17, 15) is 22.8 Å². The third-order valence-corrected chi connectivity index (χ3v) is 13.1. The Morgan fingerprint density at radius 3 is 1.55 bits per heavy atom. The number of carbonyl (C=O) groups is 2. The van der Waals surface area contributed by atoms with E-state index in [4.69, 9.17) is 21.1 Å². The molecule has 76 heavy (non-hydrogen) atoms. The number of anilines is 6. The third-order valence-electron chi connectivity index (χ3n) is 12.9. The van der Waals surface area contributed by atoms with Gasteiger partial charge in [-0.1, -0.05) is 11.6 Å². The molecule has 0 bridgehead atoms. The van der Waals surface area contributed by atoms with Crippen LogP contribution in [0.2, 0.25) is 5.15 Å². The molecule has 2 aromatic carbocycles. The van der Waals surface area contributed by atoms with E-state index in [1.54, 1.807) is 86.3 Å². The number of amides is 2. The van der Waals surface area contributed by atoms with Crippen LogP contribution >= 0.6 is 11.6 Å². The largest absolute Gasteiger partial charge is 0.495 e. The molecule has 0 aliphatic carbocycles. The lowest BCUT2D eigenvalue weighted by atomic mass is 10.0. The average Bonchev–Trinajstić information content (AvgIpc) is 4.06. The number of ether oxygens (including phenoxy) is 2. The summed E-state index contributed by atoms with van der Waals surface area (Å²) in [4.78, 5) is 58.0. The van der Waals surface area contributed by atoms with Crippen molar-refractivity contribution < 1.29 is 41.0 Å². The van der Waals surface area contributed by atoms with Gasteiger partial charge in [0.25, 0.3) is 0 Å². The Morgan fingerprint density at radius 2 is 1.08 bits per heavy atom. The fourth-order valence-corrected chi connectivity index (χ4v) is 9.42. The van der Waals surface area contributed by atoms with Gasteiger partial charge in [-0.15, -0.1) is 0 Å². The summed E-state index contributed by atoms with van der Waals surface area (Å²) in [6, 6.07) is 13.6. The molecular formula is C55H43ClF5N11O4. The zero-order chi connectivity index (χ0) is 53.4. The van der Waals surface area contributed by atoms with E-state index in [0.29, 0.717) is 129 Å². The van der Waals surface area contributed by atoms with Crippen molar-refractivity contribution in [2.24, 2.45) is 0 Å². The van der Waals surface area contributed by atoms with E-state index >= 15 is 8.78 Å². The van der Waals surface area contributed by atoms with E-state index in [2.05, 4.69) is 45.5 Å². The second-order valence-corrected chi connectivity index (χ2v) is 18.1. The van der Waals surface area contributed by atoms with Crippen LogP contribution in [0.4, 0.5) is 56.3 Å². The van der Waals surface area contributed by atoms with Gasteiger partial charge >= 0.3 is 0 Å². The maximum Gasteiger partial charge on any atom is 0.228 e. The summed E-state index contributed by atoms with van der Waals surface area (Å²) in [5.41, 5.74) is 6.27. The number of carbonyl (C=O) groups excluding carboxylic acids is 2. The molecule has 2 saturated heterocycles. The van der Waals surface area contributed by atoms with Gasteiger partial charge in [-0.2, -0.15) is 4.39 Å². The number of pyridine rings is 7. The lowest BCUT2D eigenvalue weighted by Crippen LogP contribution is -2.26. The van der Waals surface area contributed by atoms with Crippen molar-refractivity contribution in [2.45, 2.75) is 39.5 Å². The van der Waals surface area contributed by atoms with E-state index in [1.165, 1.54) is 31.4 Å². The highest BCUT2D eigenvalue weighted by atomic mass is 35.5. The summed E-state index contributed by atoms with van der Waals surface area (Å²) in [5.74, 6) is -2.26. The van der Waals surface area contributed by atoms with Crippen molar-refractivity contribution in [3.05, 3.63) is 150 Å². The van der Waals surface area contributed by atoms with Crippen molar-refractivity contribution in [1.82, 2.24) is 34.9 Å². The number of nitrogens with zero attached hydrogens (tertiary/aromatic N) is 9. The lowest BCUT2D eigenvalue weighted by Gasteiger charge is -2.23. The van der Waals surface area contributed by atoms with Gasteiger partial charge in [-0.3, -0.25) is 34.3 Å². The van der Waals surface area contributed by atoms with Crippen LogP contribution < -0.4 is 29.9 Å². The molecule has 21 heteroatoms. The quantitative estimate of drug-likeness (QED) is 0.0926. The van der Waals surface area contributed by atoms with Crippen molar-refractivity contribution in [2.75, 3.05) is 47.7 Å². The van der Waals surface area contributed by atoms with E-state index in [0.717, 1.165) is 24.3 Å². The topological polar surface area (TPSA) is 173 Å². The Hall–Kier alpha value is -8.91. The standard InChI is InChI=1S/C30H23F3N6O2.C25H20ClF2N5O2/c1-16-29(28-22(32)10-19(31)11-25(28)38-30(16)39-7-3-4-27(39)40)37-24-12-23(17-5-6-35-26(33)9-17)36-15-21(24)18-8-20(41-2)14-34-13-18;1-13-24(31-19-9-21(26)30-12-17(19)14-6-16(35-2)11-29-10-14)23-18(28)7-15(27)8-20(23)32-25(13)33-5-3-4-22(33)34/h5-6,8-15H,3-4,7H2,1-2H3,(H,36,37,38);6-12H,3-5H2,1-2H3,(H,30,31,32). The van der Waals surface area contributed by atoms with Gasteiger partial charge in [0, 0.05) is 126 Å². The number of aromatic nitrogens is 7. The van der Waals surface area contributed by atoms with Crippen LogP contribution in [-0.2, 0) is 9.59 Å². The first-order valence-electron chi connectivity index (χ1n) is 23.7. The predicted octanol–water partition coefficient (Wildman–Crippen LogP) is 12.2. The Kier molecular flexibility index (Phi) is 14.1. The van der Waals surface area contributed by atoms with Crippen LogP contribution in [0.1, 0.15) is 36.8 Å².